The number of aromatic nitrogens is 3. The fourth-order valence-electron chi connectivity index (χ4n) is 2.29. The van der Waals surface area contributed by atoms with Crippen LogP contribution in [0.25, 0.3) is 22.3 Å². The highest BCUT2D eigenvalue weighted by Crippen LogP contribution is 2.29. The molecule has 0 fully saturated rings. The number of carbonyl (C=O) groups excluding carboxylic acids is 1. The van der Waals surface area contributed by atoms with E-state index in [1.54, 1.807) is 24.3 Å². The number of rotatable bonds is 4. The van der Waals surface area contributed by atoms with Crippen molar-refractivity contribution in [1.82, 2.24) is 15.0 Å². The first kappa shape index (κ1) is 14.5. The van der Waals surface area contributed by atoms with Crippen LogP contribution >= 0.6 is 0 Å². The first-order valence-electron chi connectivity index (χ1n) is 6.69. The van der Waals surface area contributed by atoms with E-state index in [0.717, 1.165) is 0 Å². The van der Waals surface area contributed by atoms with E-state index in [4.69, 9.17) is 0 Å². The summed E-state index contributed by atoms with van der Waals surface area (Å²) in [5, 5.41) is 12.4. The van der Waals surface area contributed by atoms with Crippen molar-refractivity contribution >= 4 is 28.6 Å². The lowest BCUT2D eigenvalue weighted by molar-refractivity contribution is -0.111. The normalized spacial score (nSPS) is 10.4. The van der Waals surface area contributed by atoms with Crippen LogP contribution in [-0.4, -0.2) is 31.9 Å². The Morgan fingerprint density at radius 3 is 2.87 bits per heavy atom. The first-order chi connectivity index (χ1) is 11.1. The smallest absolute Gasteiger partial charge is 0.338 e. The van der Waals surface area contributed by atoms with E-state index in [1.807, 2.05) is 0 Å². The fraction of sp³-hybridized carbons (Fsp3) is 0. The van der Waals surface area contributed by atoms with Crippen molar-refractivity contribution < 1.29 is 14.7 Å². The summed E-state index contributed by atoms with van der Waals surface area (Å²) in [5.41, 5.74) is 2.24. The molecule has 2 aromatic heterocycles. The molecule has 0 unspecified atom stereocenters. The third kappa shape index (κ3) is 2.67. The Balaban J connectivity index is 2.15. The minimum Gasteiger partial charge on any atom is -0.478 e. The number of aromatic carboxylic acids is 1. The van der Waals surface area contributed by atoms with Crippen LogP contribution in [0.5, 0.6) is 0 Å². The van der Waals surface area contributed by atoms with E-state index in [1.165, 1.54) is 18.6 Å². The molecule has 2 heterocycles. The summed E-state index contributed by atoms with van der Waals surface area (Å²) in [7, 11) is 0. The van der Waals surface area contributed by atoms with Crippen molar-refractivity contribution in [2.45, 2.75) is 0 Å². The van der Waals surface area contributed by atoms with Crippen LogP contribution in [0.15, 0.2) is 49.4 Å². The van der Waals surface area contributed by atoms with Crippen LogP contribution in [0.2, 0.25) is 0 Å². The molecule has 0 spiro atoms. The topological polar surface area (TPSA) is 108 Å². The largest absolute Gasteiger partial charge is 0.478 e. The number of hydrogen-bond acceptors (Lipinski definition) is 4. The lowest BCUT2D eigenvalue weighted by Crippen LogP contribution is -2.07. The lowest BCUT2D eigenvalue weighted by Gasteiger charge is -2.07. The molecule has 0 atom stereocenters. The highest BCUT2D eigenvalue weighted by molar-refractivity contribution is 6.07. The van der Waals surface area contributed by atoms with Crippen LogP contribution in [0.1, 0.15) is 10.4 Å². The number of aromatic amines is 1. The zero-order valence-electron chi connectivity index (χ0n) is 11.9. The molecule has 0 aliphatic carbocycles. The average Bonchev–Trinajstić information content (AvgIpc) is 2.99. The van der Waals surface area contributed by atoms with Gasteiger partial charge in [0.2, 0.25) is 5.91 Å². The summed E-state index contributed by atoms with van der Waals surface area (Å²) in [4.78, 5) is 33.8. The quantitative estimate of drug-likeness (QED) is 0.642. The van der Waals surface area contributed by atoms with Gasteiger partial charge in [0, 0.05) is 17.4 Å². The predicted octanol–water partition coefficient (Wildman–Crippen LogP) is 2.45. The third-order valence-electron chi connectivity index (χ3n) is 3.29. The lowest BCUT2D eigenvalue weighted by atomic mass is 10.1. The molecule has 1 amide bonds. The second-order valence-corrected chi connectivity index (χ2v) is 4.73. The van der Waals surface area contributed by atoms with Gasteiger partial charge < -0.3 is 15.4 Å². The van der Waals surface area contributed by atoms with E-state index >= 15 is 0 Å². The highest BCUT2D eigenvalue weighted by Gasteiger charge is 2.17. The van der Waals surface area contributed by atoms with Crippen LogP contribution in [0, 0.1) is 0 Å². The van der Waals surface area contributed by atoms with Gasteiger partial charge in [-0.05, 0) is 18.2 Å². The first-order valence-corrected chi connectivity index (χ1v) is 6.69. The van der Waals surface area contributed by atoms with Gasteiger partial charge in [0.1, 0.15) is 12.0 Å². The van der Waals surface area contributed by atoms with Crippen LogP contribution in [0.3, 0.4) is 0 Å². The van der Waals surface area contributed by atoms with E-state index in [9.17, 15) is 14.7 Å². The predicted molar refractivity (Wildman–Crippen MR) is 85.1 cm³/mol. The molecule has 3 N–H and O–H groups in total. The second kappa shape index (κ2) is 5.72. The molecule has 0 saturated carbocycles. The number of anilines is 1. The SMILES string of the molecule is C=CC(=O)Nc1cccc(-c2ncnc3[nH]cc(C(=O)O)c23)c1. The zero-order valence-corrected chi connectivity index (χ0v) is 11.9. The van der Waals surface area contributed by atoms with Crippen molar-refractivity contribution in [3.8, 4) is 11.3 Å². The molecule has 1 aromatic carbocycles. The summed E-state index contributed by atoms with van der Waals surface area (Å²) in [5.74, 6) is -1.40. The number of nitrogens with one attached hydrogen (secondary N) is 2. The van der Waals surface area contributed by atoms with Crippen molar-refractivity contribution in [3.63, 3.8) is 0 Å². The maximum absolute atomic E-state index is 11.4. The van der Waals surface area contributed by atoms with E-state index < -0.39 is 5.97 Å². The molecule has 3 rings (SSSR count). The number of hydrogen-bond donors (Lipinski definition) is 3. The Bertz CT molecular complexity index is 930. The molecule has 0 radical (unpaired) electrons. The van der Waals surface area contributed by atoms with Gasteiger partial charge in [-0.3, -0.25) is 4.79 Å². The minimum absolute atomic E-state index is 0.0936. The Morgan fingerprint density at radius 2 is 2.13 bits per heavy atom. The number of carboxylic acid groups (broad SMARTS) is 1. The molecule has 23 heavy (non-hydrogen) atoms. The number of carbonyl (C=O) groups is 2. The van der Waals surface area contributed by atoms with Gasteiger partial charge in [0.25, 0.3) is 0 Å². The molecule has 3 aromatic rings. The molecular weight excluding hydrogens is 296 g/mol. The van der Waals surface area contributed by atoms with Crippen LogP contribution < -0.4 is 5.32 Å². The molecule has 114 valence electrons. The Labute approximate surface area is 130 Å². The number of nitrogens with zero attached hydrogens (tertiary/aromatic N) is 2. The molecule has 7 nitrogen and oxygen atoms in total. The zero-order chi connectivity index (χ0) is 16.4. The number of H-pyrrole nitrogens is 1. The van der Waals surface area contributed by atoms with Crippen LogP contribution in [0.4, 0.5) is 5.69 Å². The van der Waals surface area contributed by atoms with E-state index in [-0.39, 0.29) is 11.5 Å². The Kier molecular flexibility index (Phi) is 3.60. The fourth-order valence-corrected chi connectivity index (χ4v) is 2.29. The molecule has 7 heteroatoms. The highest BCUT2D eigenvalue weighted by atomic mass is 16.4. The number of benzene rings is 1. The molecule has 0 bridgehead atoms. The van der Waals surface area contributed by atoms with Crippen molar-refractivity contribution in [2.75, 3.05) is 5.32 Å². The summed E-state index contributed by atoms with van der Waals surface area (Å²) in [6.45, 7) is 3.40. The van der Waals surface area contributed by atoms with Gasteiger partial charge in [-0.15, -0.1) is 0 Å². The van der Waals surface area contributed by atoms with Crippen molar-refractivity contribution in [2.24, 2.45) is 0 Å². The summed E-state index contributed by atoms with van der Waals surface area (Å²) in [6, 6.07) is 6.96. The van der Waals surface area contributed by atoms with Gasteiger partial charge >= 0.3 is 5.97 Å². The standard InChI is InChI=1S/C16H12N4O3/c1-2-12(21)20-10-5-3-4-9(6-10)14-13-11(16(22)23)7-17-15(13)19-8-18-14/h2-8H,1H2,(H,20,21)(H,22,23)(H,17,18,19). The van der Waals surface area contributed by atoms with Gasteiger partial charge in [-0.25, -0.2) is 14.8 Å². The van der Waals surface area contributed by atoms with Crippen LogP contribution in [-0.2, 0) is 4.79 Å². The summed E-state index contributed by atoms with van der Waals surface area (Å²) in [6.07, 6.45) is 3.91. The maximum Gasteiger partial charge on any atom is 0.338 e. The second-order valence-electron chi connectivity index (χ2n) is 4.73. The molecular formula is C16H12N4O3. The average molecular weight is 308 g/mol. The van der Waals surface area contributed by atoms with Crippen molar-refractivity contribution in [1.29, 1.82) is 0 Å². The summed E-state index contributed by atoms with van der Waals surface area (Å²) >= 11 is 0. The Morgan fingerprint density at radius 1 is 1.30 bits per heavy atom. The van der Waals surface area contributed by atoms with Gasteiger partial charge in [0.15, 0.2) is 0 Å². The third-order valence-corrected chi connectivity index (χ3v) is 3.29. The Hall–Kier alpha value is -3.48. The summed E-state index contributed by atoms with van der Waals surface area (Å²) < 4.78 is 0. The minimum atomic E-state index is -1.07. The molecule has 0 saturated heterocycles. The molecule has 0 aliphatic heterocycles. The van der Waals surface area contributed by atoms with Gasteiger partial charge in [-0.1, -0.05) is 18.7 Å². The number of amides is 1. The van der Waals surface area contributed by atoms with E-state index in [2.05, 4.69) is 26.8 Å². The maximum atomic E-state index is 11.4. The van der Waals surface area contributed by atoms with Gasteiger partial charge in [0.05, 0.1) is 16.6 Å². The number of carboxylic acids is 1. The van der Waals surface area contributed by atoms with E-state index in [0.29, 0.717) is 28.0 Å². The van der Waals surface area contributed by atoms with Crippen molar-refractivity contribution in [3.05, 3.63) is 55.0 Å². The monoisotopic (exact) mass is 308 g/mol. The number of fused-ring (bicyclic) bond motifs is 1. The van der Waals surface area contributed by atoms with Gasteiger partial charge in [-0.2, -0.15) is 0 Å². The molecule has 0 aliphatic rings.